The summed E-state index contributed by atoms with van der Waals surface area (Å²) in [6, 6.07) is 0. The topological polar surface area (TPSA) is 0 Å². The maximum absolute atomic E-state index is 3.90. The molecule has 0 N–H and O–H groups in total. The summed E-state index contributed by atoms with van der Waals surface area (Å²) in [5.74, 6) is 0. The van der Waals surface area contributed by atoms with Crippen LogP contribution < -0.4 is 0 Å². The summed E-state index contributed by atoms with van der Waals surface area (Å²) in [6.45, 7) is 7.72. The van der Waals surface area contributed by atoms with Gasteiger partial charge >= 0.3 is 0 Å². The summed E-state index contributed by atoms with van der Waals surface area (Å²) >= 11 is 0. The van der Waals surface area contributed by atoms with E-state index in [1.807, 2.05) is 0 Å². The third-order valence-corrected chi connectivity index (χ3v) is 4.95. The van der Waals surface area contributed by atoms with Crippen molar-refractivity contribution in [2.45, 2.75) is 128 Å². The van der Waals surface area contributed by atoms with Crippen LogP contribution in [0.1, 0.15) is 128 Å². The minimum Gasteiger partial charge on any atom is -0.0885 e. The zero-order chi connectivity index (χ0) is 17.6. The van der Waals surface area contributed by atoms with Crippen molar-refractivity contribution < 1.29 is 0 Å². The largest absolute Gasteiger partial charge is 0.0885 e. The van der Waals surface area contributed by atoms with Crippen molar-refractivity contribution >= 4 is 0 Å². The second kappa shape index (κ2) is 22.7. The average Bonchev–Trinajstić information content (AvgIpc) is 2.60. The van der Waals surface area contributed by atoms with Crippen LogP contribution in [0.5, 0.6) is 0 Å². The Morgan fingerprint density at radius 3 is 1.04 bits per heavy atom. The summed E-state index contributed by atoms with van der Waals surface area (Å²) in [4.78, 5) is 0. The highest BCUT2D eigenvalue weighted by atomic mass is 14.0. The van der Waals surface area contributed by atoms with E-state index in [4.69, 9.17) is 0 Å². The monoisotopic (exact) mass is 334 g/mol. The molecule has 0 aliphatic carbocycles. The summed E-state index contributed by atoms with van der Waals surface area (Å²) in [5.41, 5.74) is 0. The quantitative estimate of drug-likeness (QED) is 0.154. The van der Waals surface area contributed by atoms with Crippen LogP contribution in [0.15, 0.2) is 12.2 Å². The van der Waals surface area contributed by atoms with Gasteiger partial charge in [0.2, 0.25) is 0 Å². The fraction of sp³-hybridized carbons (Fsp3) is 0.833. The first-order valence-corrected chi connectivity index (χ1v) is 11.1. The molecule has 0 aromatic rings. The molecule has 142 valence electrons. The average molecular weight is 335 g/mol. The van der Waals surface area contributed by atoms with Crippen molar-refractivity contribution in [2.24, 2.45) is 0 Å². The standard InChI is InChI=1S/C24H46/c1-3-5-7-9-11-13-15-17-19-21-23-24-22-20-18-16-14-12-10-8-6-4-2/h5,7H,1-4,6,8-24H2/b7-5+. The van der Waals surface area contributed by atoms with Crippen molar-refractivity contribution in [1.82, 2.24) is 0 Å². The van der Waals surface area contributed by atoms with Crippen LogP contribution in [0.4, 0.5) is 0 Å². The molecular weight excluding hydrogens is 288 g/mol. The van der Waals surface area contributed by atoms with Crippen molar-refractivity contribution in [1.29, 1.82) is 0 Å². The fourth-order valence-corrected chi connectivity index (χ4v) is 3.33. The molecule has 0 amide bonds. The van der Waals surface area contributed by atoms with Crippen LogP contribution in [0, 0.1) is 13.8 Å². The molecule has 0 nitrogen and oxygen atoms in total. The lowest BCUT2D eigenvalue weighted by atomic mass is 10.0. The van der Waals surface area contributed by atoms with Crippen LogP contribution >= 0.6 is 0 Å². The van der Waals surface area contributed by atoms with E-state index < -0.39 is 0 Å². The minimum absolute atomic E-state index is 0.942. The van der Waals surface area contributed by atoms with E-state index in [1.54, 1.807) is 0 Å². The van der Waals surface area contributed by atoms with Crippen LogP contribution in [0.2, 0.25) is 0 Å². The number of hydrogen-bond acceptors (Lipinski definition) is 0. The fourth-order valence-electron chi connectivity index (χ4n) is 3.33. The first-order valence-electron chi connectivity index (χ1n) is 11.1. The first kappa shape index (κ1) is 23.7. The van der Waals surface area contributed by atoms with E-state index in [-0.39, 0.29) is 0 Å². The van der Waals surface area contributed by atoms with Gasteiger partial charge in [-0.25, -0.2) is 0 Å². The molecule has 0 saturated heterocycles. The molecular formula is C24H46. The first-order chi connectivity index (χ1) is 11.9. The summed E-state index contributed by atoms with van der Waals surface area (Å²) < 4.78 is 0. The SMILES string of the molecule is [CH2]C/C=C/CCCCCCCCCCCCCCCCCCC[CH2]. The molecule has 0 bridgehead atoms. The van der Waals surface area contributed by atoms with E-state index in [1.165, 1.54) is 116 Å². The predicted octanol–water partition coefficient (Wildman–Crippen LogP) is 9.01. The highest BCUT2D eigenvalue weighted by molar-refractivity contribution is 4.81. The van der Waals surface area contributed by atoms with Gasteiger partial charge < -0.3 is 0 Å². The molecule has 0 aromatic heterocycles. The molecule has 0 unspecified atom stereocenters. The lowest BCUT2D eigenvalue weighted by Crippen LogP contribution is -1.84. The lowest BCUT2D eigenvalue weighted by molar-refractivity contribution is 0.526. The normalized spacial score (nSPS) is 11.6. The Kier molecular flexibility index (Phi) is 22.5. The summed E-state index contributed by atoms with van der Waals surface area (Å²) in [5, 5.41) is 0. The summed E-state index contributed by atoms with van der Waals surface area (Å²) in [7, 11) is 0. The predicted molar refractivity (Wildman–Crippen MR) is 112 cm³/mol. The Labute approximate surface area is 154 Å². The van der Waals surface area contributed by atoms with Gasteiger partial charge in [-0.3, -0.25) is 0 Å². The smallest absolute Gasteiger partial charge is 0.0351 e. The zero-order valence-electron chi connectivity index (χ0n) is 16.7. The van der Waals surface area contributed by atoms with Gasteiger partial charge in [-0.2, -0.15) is 0 Å². The van der Waals surface area contributed by atoms with E-state index in [0.29, 0.717) is 0 Å². The maximum atomic E-state index is 3.90. The second-order valence-electron chi connectivity index (χ2n) is 7.41. The Balaban J connectivity index is 2.97. The third kappa shape index (κ3) is 21.7. The van der Waals surface area contributed by atoms with Gasteiger partial charge in [-0.15, -0.1) is 0 Å². The molecule has 0 saturated carbocycles. The maximum Gasteiger partial charge on any atom is -0.0351 e. The highest BCUT2D eigenvalue weighted by Crippen LogP contribution is 2.14. The zero-order valence-corrected chi connectivity index (χ0v) is 16.7. The molecule has 0 fully saturated rings. The van der Waals surface area contributed by atoms with Crippen molar-refractivity contribution in [3.05, 3.63) is 26.0 Å². The second-order valence-corrected chi connectivity index (χ2v) is 7.41. The van der Waals surface area contributed by atoms with Gasteiger partial charge in [0.15, 0.2) is 0 Å². The molecule has 0 atom stereocenters. The van der Waals surface area contributed by atoms with Gasteiger partial charge in [-0.05, 0) is 26.2 Å². The minimum atomic E-state index is 0.942. The molecule has 0 aliphatic rings. The van der Waals surface area contributed by atoms with Gasteiger partial charge in [0, 0.05) is 0 Å². The molecule has 0 heterocycles. The third-order valence-electron chi connectivity index (χ3n) is 4.95. The van der Waals surface area contributed by atoms with Gasteiger partial charge in [0.1, 0.15) is 0 Å². The Hall–Kier alpha value is -0.260. The van der Waals surface area contributed by atoms with E-state index in [9.17, 15) is 0 Å². The number of hydrogen-bond donors (Lipinski definition) is 0. The Morgan fingerprint density at radius 2 is 0.708 bits per heavy atom. The summed E-state index contributed by atoms with van der Waals surface area (Å²) in [6.07, 6.45) is 32.3. The van der Waals surface area contributed by atoms with E-state index in [0.717, 1.165) is 12.8 Å². The number of allylic oxidation sites excluding steroid dienone is 2. The van der Waals surface area contributed by atoms with Crippen LogP contribution in [0.25, 0.3) is 0 Å². The molecule has 0 heteroatoms. The van der Waals surface area contributed by atoms with Gasteiger partial charge in [0.25, 0.3) is 0 Å². The van der Waals surface area contributed by atoms with Crippen molar-refractivity contribution in [3.8, 4) is 0 Å². The molecule has 2 radical (unpaired) electrons. The lowest BCUT2D eigenvalue weighted by Gasteiger charge is -2.03. The number of rotatable bonds is 20. The highest BCUT2D eigenvalue weighted by Gasteiger charge is 1.94. The molecule has 0 aliphatic heterocycles. The molecule has 0 rings (SSSR count). The van der Waals surface area contributed by atoms with Crippen LogP contribution in [-0.2, 0) is 0 Å². The Bertz CT molecular complexity index is 228. The molecule has 0 spiro atoms. The molecule has 24 heavy (non-hydrogen) atoms. The van der Waals surface area contributed by atoms with Crippen molar-refractivity contribution in [2.75, 3.05) is 0 Å². The van der Waals surface area contributed by atoms with Gasteiger partial charge in [-0.1, -0.05) is 128 Å². The van der Waals surface area contributed by atoms with Crippen LogP contribution in [-0.4, -0.2) is 0 Å². The number of unbranched alkanes of at least 4 members (excludes halogenated alkanes) is 18. The molecule has 0 aromatic carbocycles. The van der Waals surface area contributed by atoms with E-state index in [2.05, 4.69) is 26.0 Å². The van der Waals surface area contributed by atoms with Crippen molar-refractivity contribution in [3.63, 3.8) is 0 Å². The van der Waals surface area contributed by atoms with Gasteiger partial charge in [0.05, 0.1) is 0 Å². The van der Waals surface area contributed by atoms with Crippen LogP contribution in [0.3, 0.4) is 0 Å². The Morgan fingerprint density at radius 1 is 0.375 bits per heavy atom. The van der Waals surface area contributed by atoms with E-state index >= 15 is 0 Å².